The molecule has 19 heavy (non-hydrogen) atoms. The SMILES string of the molecule is FC(F)C1CCN(c2ccnc3ccccc23)CC1. The second kappa shape index (κ2) is 5.11. The van der Waals surface area contributed by atoms with Crippen molar-refractivity contribution in [3.05, 3.63) is 36.5 Å². The fourth-order valence-corrected chi connectivity index (χ4v) is 2.75. The van der Waals surface area contributed by atoms with E-state index in [-0.39, 0.29) is 0 Å². The number of anilines is 1. The number of nitrogens with zero attached hydrogens (tertiary/aromatic N) is 2. The molecule has 1 fully saturated rings. The van der Waals surface area contributed by atoms with Gasteiger partial charge in [-0.15, -0.1) is 0 Å². The molecule has 0 bridgehead atoms. The molecule has 3 rings (SSSR count). The van der Waals surface area contributed by atoms with Gasteiger partial charge in [-0.3, -0.25) is 4.98 Å². The smallest absolute Gasteiger partial charge is 0.241 e. The number of aromatic nitrogens is 1. The summed E-state index contributed by atoms with van der Waals surface area (Å²) < 4.78 is 25.3. The van der Waals surface area contributed by atoms with E-state index in [0.29, 0.717) is 25.9 Å². The Balaban J connectivity index is 1.86. The molecule has 1 aliphatic rings. The molecule has 1 aromatic carbocycles. The van der Waals surface area contributed by atoms with E-state index in [9.17, 15) is 8.78 Å². The van der Waals surface area contributed by atoms with Gasteiger partial charge in [0.1, 0.15) is 0 Å². The van der Waals surface area contributed by atoms with Gasteiger partial charge in [0.05, 0.1) is 5.52 Å². The minimum absolute atomic E-state index is 0.440. The molecule has 0 radical (unpaired) electrons. The quantitative estimate of drug-likeness (QED) is 0.820. The molecule has 1 saturated heterocycles. The van der Waals surface area contributed by atoms with Crippen LogP contribution in [0.5, 0.6) is 0 Å². The third kappa shape index (κ3) is 2.39. The van der Waals surface area contributed by atoms with Crippen molar-refractivity contribution in [3.8, 4) is 0 Å². The largest absolute Gasteiger partial charge is 0.371 e. The predicted octanol–water partition coefficient (Wildman–Crippen LogP) is 3.72. The summed E-state index contributed by atoms with van der Waals surface area (Å²) in [7, 11) is 0. The number of hydrogen-bond donors (Lipinski definition) is 0. The number of piperidine rings is 1. The molecule has 1 aliphatic heterocycles. The van der Waals surface area contributed by atoms with Crippen LogP contribution in [0.4, 0.5) is 14.5 Å². The molecule has 0 aliphatic carbocycles. The molecule has 0 amide bonds. The van der Waals surface area contributed by atoms with Crippen molar-refractivity contribution >= 4 is 16.6 Å². The average Bonchev–Trinajstić information content (AvgIpc) is 2.47. The van der Waals surface area contributed by atoms with Crippen LogP contribution in [0.1, 0.15) is 12.8 Å². The van der Waals surface area contributed by atoms with E-state index >= 15 is 0 Å². The summed E-state index contributed by atoms with van der Waals surface area (Å²) in [4.78, 5) is 6.53. The van der Waals surface area contributed by atoms with Crippen molar-refractivity contribution in [1.29, 1.82) is 0 Å². The van der Waals surface area contributed by atoms with Gasteiger partial charge in [-0.2, -0.15) is 0 Å². The Bertz CT molecular complexity index is 558. The molecule has 100 valence electrons. The summed E-state index contributed by atoms with van der Waals surface area (Å²) in [6.45, 7) is 1.39. The monoisotopic (exact) mass is 262 g/mol. The van der Waals surface area contributed by atoms with Crippen LogP contribution in [0.15, 0.2) is 36.5 Å². The van der Waals surface area contributed by atoms with Gasteiger partial charge in [-0.1, -0.05) is 18.2 Å². The van der Waals surface area contributed by atoms with Crippen LogP contribution in [-0.2, 0) is 0 Å². The lowest BCUT2D eigenvalue weighted by molar-refractivity contribution is 0.0636. The standard InChI is InChI=1S/C15H16F2N2/c16-15(17)11-6-9-19(10-7-11)14-5-8-18-13-4-2-1-3-12(13)14/h1-5,8,11,15H,6-7,9-10H2. The second-order valence-electron chi connectivity index (χ2n) is 5.01. The number of alkyl halides is 2. The number of benzene rings is 1. The van der Waals surface area contributed by atoms with Crippen LogP contribution in [0.3, 0.4) is 0 Å². The summed E-state index contributed by atoms with van der Waals surface area (Å²) in [5, 5.41) is 1.10. The summed E-state index contributed by atoms with van der Waals surface area (Å²) in [6, 6.07) is 9.94. The summed E-state index contributed by atoms with van der Waals surface area (Å²) in [5.41, 5.74) is 2.06. The molecule has 4 heteroatoms. The Morgan fingerprint density at radius 2 is 1.84 bits per heavy atom. The molecule has 1 aromatic heterocycles. The Kier molecular flexibility index (Phi) is 3.32. The maximum Gasteiger partial charge on any atom is 0.241 e. The minimum atomic E-state index is -2.18. The first-order valence-electron chi connectivity index (χ1n) is 6.62. The maximum atomic E-state index is 12.7. The highest BCUT2D eigenvalue weighted by Gasteiger charge is 2.26. The number of para-hydroxylation sites is 1. The van der Waals surface area contributed by atoms with Gasteiger partial charge in [0.25, 0.3) is 0 Å². The number of pyridine rings is 1. The van der Waals surface area contributed by atoms with Gasteiger partial charge in [0.15, 0.2) is 0 Å². The number of halogens is 2. The van der Waals surface area contributed by atoms with Gasteiger partial charge in [-0.25, -0.2) is 8.78 Å². The number of rotatable bonds is 2. The van der Waals surface area contributed by atoms with Crippen molar-refractivity contribution in [2.24, 2.45) is 5.92 Å². The van der Waals surface area contributed by atoms with Crippen molar-refractivity contribution in [2.75, 3.05) is 18.0 Å². The zero-order valence-corrected chi connectivity index (χ0v) is 10.6. The Hall–Kier alpha value is -1.71. The summed E-state index contributed by atoms with van der Waals surface area (Å²) in [6.07, 6.45) is 0.732. The molecule has 0 saturated carbocycles. The second-order valence-corrected chi connectivity index (χ2v) is 5.01. The zero-order chi connectivity index (χ0) is 13.2. The highest BCUT2D eigenvalue weighted by Crippen LogP contribution is 2.30. The van der Waals surface area contributed by atoms with Gasteiger partial charge < -0.3 is 4.90 Å². The number of hydrogen-bond acceptors (Lipinski definition) is 2. The molecule has 2 heterocycles. The predicted molar refractivity (Wildman–Crippen MR) is 72.7 cm³/mol. The Morgan fingerprint density at radius 1 is 1.11 bits per heavy atom. The Morgan fingerprint density at radius 3 is 2.58 bits per heavy atom. The van der Waals surface area contributed by atoms with E-state index in [4.69, 9.17) is 0 Å². The van der Waals surface area contributed by atoms with Gasteiger partial charge in [0.2, 0.25) is 6.43 Å². The highest BCUT2D eigenvalue weighted by atomic mass is 19.3. The van der Waals surface area contributed by atoms with Gasteiger partial charge >= 0.3 is 0 Å². The van der Waals surface area contributed by atoms with Gasteiger partial charge in [-0.05, 0) is 25.0 Å². The fraction of sp³-hybridized carbons (Fsp3) is 0.400. The zero-order valence-electron chi connectivity index (χ0n) is 10.6. The first-order chi connectivity index (χ1) is 9.25. The first kappa shape index (κ1) is 12.3. The Labute approximate surface area is 111 Å². The lowest BCUT2D eigenvalue weighted by atomic mass is 9.96. The lowest BCUT2D eigenvalue weighted by Gasteiger charge is -2.33. The van der Waals surface area contributed by atoms with E-state index in [1.807, 2.05) is 30.3 Å². The van der Waals surface area contributed by atoms with Crippen LogP contribution >= 0.6 is 0 Å². The van der Waals surface area contributed by atoms with E-state index in [2.05, 4.69) is 9.88 Å². The molecular weight excluding hydrogens is 246 g/mol. The fourth-order valence-electron chi connectivity index (χ4n) is 2.75. The normalized spacial score (nSPS) is 17.3. The van der Waals surface area contributed by atoms with E-state index in [1.165, 1.54) is 0 Å². The van der Waals surface area contributed by atoms with Crippen molar-refractivity contribution in [1.82, 2.24) is 4.98 Å². The van der Waals surface area contributed by atoms with Crippen LogP contribution in [0.25, 0.3) is 10.9 Å². The van der Waals surface area contributed by atoms with Crippen molar-refractivity contribution < 1.29 is 8.78 Å². The third-order valence-electron chi connectivity index (χ3n) is 3.86. The van der Waals surface area contributed by atoms with E-state index in [0.717, 1.165) is 16.6 Å². The van der Waals surface area contributed by atoms with Crippen LogP contribution in [-0.4, -0.2) is 24.5 Å². The summed E-state index contributed by atoms with van der Waals surface area (Å²) >= 11 is 0. The van der Waals surface area contributed by atoms with Gasteiger partial charge in [0, 0.05) is 36.3 Å². The van der Waals surface area contributed by atoms with Crippen LogP contribution in [0, 0.1) is 5.92 Å². The molecule has 2 aromatic rings. The maximum absolute atomic E-state index is 12.7. The molecule has 0 unspecified atom stereocenters. The molecule has 0 spiro atoms. The van der Waals surface area contributed by atoms with E-state index < -0.39 is 12.3 Å². The molecule has 2 nitrogen and oxygen atoms in total. The summed E-state index contributed by atoms with van der Waals surface area (Å²) in [5.74, 6) is -0.440. The lowest BCUT2D eigenvalue weighted by Crippen LogP contribution is -2.36. The van der Waals surface area contributed by atoms with Crippen LogP contribution in [0.2, 0.25) is 0 Å². The molecular formula is C15H16F2N2. The third-order valence-corrected chi connectivity index (χ3v) is 3.86. The minimum Gasteiger partial charge on any atom is -0.371 e. The number of fused-ring (bicyclic) bond motifs is 1. The topological polar surface area (TPSA) is 16.1 Å². The molecule has 0 atom stereocenters. The first-order valence-corrected chi connectivity index (χ1v) is 6.62. The van der Waals surface area contributed by atoms with E-state index in [1.54, 1.807) is 6.20 Å². The van der Waals surface area contributed by atoms with Crippen molar-refractivity contribution in [3.63, 3.8) is 0 Å². The average molecular weight is 262 g/mol. The van der Waals surface area contributed by atoms with Crippen LogP contribution < -0.4 is 4.90 Å². The molecule has 0 N–H and O–H groups in total. The highest BCUT2D eigenvalue weighted by molar-refractivity contribution is 5.91. The van der Waals surface area contributed by atoms with Crippen molar-refractivity contribution in [2.45, 2.75) is 19.3 Å².